The number of H-pyrrole nitrogens is 1. The number of fused-ring (bicyclic) bond motifs is 1. The van der Waals surface area contributed by atoms with Crippen LogP contribution in [0.3, 0.4) is 0 Å². The van der Waals surface area contributed by atoms with E-state index in [-0.39, 0.29) is 0 Å². The lowest BCUT2D eigenvalue weighted by Gasteiger charge is -2.10. The molecule has 0 unspecified atom stereocenters. The van der Waals surface area contributed by atoms with Crippen LogP contribution < -0.4 is 15.9 Å². The van der Waals surface area contributed by atoms with Crippen molar-refractivity contribution in [3.05, 3.63) is 66.6 Å². The summed E-state index contributed by atoms with van der Waals surface area (Å²) in [5.41, 5.74) is 3.23. The molecule has 0 aliphatic carbocycles. The zero-order valence-corrected chi connectivity index (χ0v) is 17.3. The van der Waals surface area contributed by atoms with Gasteiger partial charge in [0.1, 0.15) is 13.5 Å². The Morgan fingerprint density at radius 3 is 2.55 bits per heavy atom. The normalized spacial score (nSPS) is 11.5. The maximum absolute atomic E-state index is 12.1. The monoisotopic (exact) mass is 406 g/mol. The molecule has 29 heavy (non-hydrogen) atoms. The van der Waals surface area contributed by atoms with E-state index in [4.69, 9.17) is 0 Å². The lowest BCUT2D eigenvalue weighted by Crippen LogP contribution is -2.09. The first-order valence-electron chi connectivity index (χ1n) is 9.39. The summed E-state index contributed by atoms with van der Waals surface area (Å²) in [6.45, 7) is 4.23. The maximum atomic E-state index is 12.1. The van der Waals surface area contributed by atoms with Crippen LogP contribution in [0, 0.1) is 0 Å². The molecule has 8 heteroatoms. The lowest BCUT2D eigenvalue weighted by atomic mass is 10.1. The first kappa shape index (κ1) is 19.2. The highest BCUT2D eigenvalue weighted by Crippen LogP contribution is 2.34. The molecule has 0 bridgehead atoms. The van der Waals surface area contributed by atoms with Crippen molar-refractivity contribution < 1.29 is 4.57 Å². The number of anilines is 3. The Morgan fingerprint density at radius 1 is 1.00 bits per heavy atom. The molecule has 2 heterocycles. The van der Waals surface area contributed by atoms with Gasteiger partial charge in [0.25, 0.3) is 0 Å². The van der Waals surface area contributed by atoms with Gasteiger partial charge in [0, 0.05) is 34.6 Å². The largest absolute Gasteiger partial charge is 0.361 e. The lowest BCUT2D eigenvalue weighted by molar-refractivity contribution is 0.588. The second kappa shape index (κ2) is 8.05. The summed E-state index contributed by atoms with van der Waals surface area (Å²) in [6, 6.07) is 15.7. The van der Waals surface area contributed by atoms with Crippen LogP contribution >= 0.6 is 7.14 Å². The summed E-state index contributed by atoms with van der Waals surface area (Å²) in [7, 11) is -2.26. The topological polar surface area (TPSA) is 95.6 Å². The van der Waals surface area contributed by atoms with Crippen molar-refractivity contribution in [2.45, 2.75) is 6.42 Å². The third-order valence-corrected chi connectivity index (χ3v) is 6.21. The molecule has 0 radical (unpaired) electrons. The van der Waals surface area contributed by atoms with Crippen molar-refractivity contribution >= 4 is 40.9 Å². The van der Waals surface area contributed by atoms with Crippen LogP contribution in [0.5, 0.6) is 0 Å². The molecule has 2 aromatic carbocycles. The number of hydrogen-bond donors (Lipinski definition) is 3. The van der Waals surface area contributed by atoms with E-state index >= 15 is 0 Å². The van der Waals surface area contributed by atoms with Gasteiger partial charge in [-0.2, -0.15) is 4.98 Å². The Balaban J connectivity index is 1.38. The highest BCUT2D eigenvalue weighted by Gasteiger charge is 2.10. The predicted octanol–water partition coefficient (Wildman–Crippen LogP) is 4.00. The predicted molar refractivity (Wildman–Crippen MR) is 119 cm³/mol. The van der Waals surface area contributed by atoms with E-state index in [0.717, 1.165) is 22.9 Å². The Labute approximate surface area is 169 Å². The van der Waals surface area contributed by atoms with E-state index < -0.39 is 7.14 Å². The highest BCUT2D eigenvalue weighted by atomic mass is 31.2. The molecule has 0 spiro atoms. The third-order valence-electron chi connectivity index (χ3n) is 4.67. The molecular weight excluding hydrogens is 383 g/mol. The number of nitrogens with zero attached hydrogens (tertiary/aromatic N) is 3. The van der Waals surface area contributed by atoms with E-state index in [1.165, 1.54) is 17.3 Å². The molecule has 7 nitrogen and oxygen atoms in total. The van der Waals surface area contributed by atoms with Gasteiger partial charge in [0.05, 0.1) is 0 Å². The van der Waals surface area contributed by atoms with Gasteiger partial charge in [0.2, 0.25) is 11.9 Å². The highest BCUT2D eigenvalue weighted by molar-refractivity contribution is 7.70. The van der Waals surface area contributed by atoms with Crippen LogP contribution in [0.2, 0.25) is 0 Å². The van der Waals surface area contributed by atoms with Gasteiger partial charge in [-0.15, -0.1) is 0 Å². The van der Waals surface area contributed by atoms with Gasteiger partial charge in [-0.25, -0.2) is 9.97 Å². The van der Waals surface area contributed by atoms with Crippen molar-refractivity contribution in [2.24, 2.45) is 0 Å². The van der Waals surface area contributed by atoms with Gasteiger partial charge >= 0.3 is 0 Å². The molecule has 0 saturated carbocycles. The minimum absolute atomic E-state index is 0.457. The quantitative estimate of drug-likeness (QED) is 0.402. The first-order chi connectivity index (χ1) is 14.0. The molecule has 0 saturated heterocycles. The van der Waals surface area contributed by atoms with Crippen molar-refractivity contribution in [2.75, 3.05) is 30.5 Å². The average molecular weight is 406 g/mol. The number of nitrogens with one attached hydrogen (secondary N) is 3. The fraction of sp³-hybridized carbons (Fsp3) is 0.190. The number of para-hydroxylation sites is 1. The summed E-state index contributed by atoms with van der Waals surface area (Å²) in [6.07, 6.45) is 4.37. The fourth-order valence-electron chi connectivity index (χ4n) is 3.12. The smallest absolute Gasteiger partial charge is 0.231 e. The third kappa shape index (κ3) is 4.63. The SMILES string of the molecule is CP(C)(=O)c1ccc(Nc2ncnc(NCCc3c[nH]c4ccccc34)n2)cc1. The molecule has 4 rings (SSSR count). The van der Waals surface area contributed by atoms with E-state index in [1.54, 1.807) is 13.3 Å². The Hall–Kier alpha value is -3.18. The summed E-state index contributed by atoms with van der Waals surface area (Å²) >= 11 is 0. The van der Waals surface area contributed by atoms with Crippen LogP contribution in [0.1, 0.15) is 5.56 Å². The molecule has 0 aliphatic heterocycles. The van der Waals surface area contributed by atoms with Gasteiger partial charge in [0.15, 0.2) is 0 Å². The second-order valence-corrected chi connectivity index (χ2v) is 10.4. The number of rotatable bonds is 7. The molecule has 0 fully saturated rings. The molecule has 4 aromatic rings. The average Bonchev–Trinajstić information content (AvgIpc) is 3.11. The van der Waals surface area contributed by atoms with Crippen molar-refractivity contribution in [1.29, 1.82) is 0 Å². The minimum Gasteiger partial charge on any atom is -0.361 e. The molecular formula is C21H23N6OP. The van der Waals surface area contributed by atoms with Crippen molar-refractivity contribution in [3.63, 3.8) is 0 Å². The molecule has 3 N–H and O–H groups in total. The van der Waals surface area contributed by atoms with Crippen LogP contribution in [0.15, 0.2) is 61.1 Å². The standard InChI is InChI=1S/C21H23N6OP/c1-29(2,28)17-9-7-16(8-10-17)26-21-25-14-24-20(27-21)22-12-11-15-13-23-19-6-4-3-5-18(15)19/h3-10,13-14,23H,11-12H2,1-2H3,(H2,22,24,25,26,27). The number of aromatic amines is 1. The number of aromatic nitrogens is 4. The van der Waals surface area contributed by atoms with E-state index in [1.807, 2.05) is 42.6 Å². The van der Waals surface area contributed by atoms with Crippen LogP contribution in [-0.2, 0) is 11.0 Å². The minimum atomic E-state index is -2.26. The zero-order valence-electron chi connectivity index (χ0n) is 16.4. The van der Waals surface area contributed by atoms with Gasteiger partial charge < -0.3 is 20.2 Å². The molecule has 2 aromatic heterocycles. The Bertz CT molecular complexity index is 1170. The number of benzene rings is 2. The van der Waals surface area contributed by atoms with E-state index in [0.29, 0.717) is 18.4 Å². The van der Waals surface area contributed by atoms with Gasteiger partial charge in [-0.1, -0.05) is 18.2 Å². The molecule has 0 amide bonds. The summed E-state index contributed by atoms with van der Waals surface area (Å²) in [5.74, 6) is 0.976. The van der Waals surface area contributed by atoms with Gasteiger partial charge in [-0.3, -0.25) is 0 Å². The van der Waals surface area contributed by atoms with Crippen LogP contribution in [-0.4, -0.2) is 39.8 Å². The summed E-state index contributed by atoms with van der Waals surface area (Å²) < 4.78 is 12.1. The molecule has 0 aliphatic rings. The van der Waals surface area contributed by atoms with Crippen LogP contribution in [0.4, 0.5) is 17.6 Å². The maximum Gasteiger partial charge on any atom is 0.231 e. The van der Waals surface area contributed by atoms with Crippen molar-refractivity contribution in [3.8, 4) is 0 Å². The van der Waals surface area contributed by atoms with E-state index in [2.05, 4.69) is 42.7 Å². The van der Waals surface area contributed by atoms with E-state index in [9.17, 15) is 4.57 Å². The summed E-state index contributed by atoms with van der Waals surface area (Å²) in [4.78, 5) is 16.1. The van der Waals surface area contributed by atoms with Gasteiger partial charge in [-0.05, 0) is 55.6 Å². The van der Waals surface area contributed by atoms with Crippen molar-refractivity contribution in [1.82, 2.24) is 19.9 Å². The fourth-order valence-corrected chi connectivity index (χ4v) is 3.99. The Kier molecular flexibility index (Phi) is 5.32. The molecule has 0 atom stereocenters. The van der Waals surface area contributed by atoms with Crippen LogP contribution in [0.25, 0.3) is 10.9 Å². The second-order valence-electron chi connectivity index (χ2n) is 7.19. The number of hydrogen-bond acceptors (Lipinski definition) is 6. The summed E-state index contributed by atoms with van der Waals surface area (Å²) in [5, 5.41) is 8.49. The first-order valence-corrected chi connectivity index (χ1v) is 12.0. The zero-order chi connectivity index (χ0) is 20.3. The Morgan fingerprint density at radius 2 is 1.76 bits per heavy atom. The molecule has 148 valence electrons.